The second-order valence-corrected chi connectivity index (χ2v) is 8.20. The minimum Gasteiger partial charge on any atom is -0.354 e. The number of amides is 1. The molecule has 152 valence electrons. The van der Waals surface area contributed by atoms with E-state index in [1.165, 1.54) is 11.8 Å². The highest BCUT2D eigenvalue weighted by atomic mass is 32.2. The molecule has 31 heavy (non-hydrogen) atoms. The maximum Gasteiger partial charge on any atom is 0.243 e. The zero-order chi connectivity index (χ0) is 21.2. The Balaban J connectivity index is 1.54. The number of H-pyrrole nitrogens is 1. The molecule has 1 fully saturated rings. The normalized spacial score (nSPS) is 15.6. The smallest absolute Gasteiger partial charge is 0.243 e. The number of anilines is 1. The van der Waals surface area contributed by atoms with Crippen LogP contribution in [0, 0.1) is 6.92 Å². The molecule has 1 saturated heterocycles. The number of benzene rings is 3. The van der Waals surface area contributed by atoms with Crippen molar-refractivity contribution in [2.24, 2.45) is 10.2 Å². The lowest BCUT2D eigenvalue weighted by Gasteiger charge is -2.17. The Hall–Kier alpha value is -3.64. The third-order valence-electron chi connectivity index (χ3n) is 5.26. The van der Waals surface area contributed by atoms with Crippen LogP contribution in [0.5, 0.6) is 0 Å². The van der Waals surface area contributed by atoms with Crippen LogP contribution in [0.2, 0.25) is 0 Å². The summed E-state index contributed by atoms with van der Waals surface area (Å²) >= 11 is 1.41. The number of hydrogen-bond donors (Lipinski definition) is 1. The van der Waals surface area contributed by atoms with Gasteiger partial charge in [-0.1, -0.05) is 78.5 Å². The summed E-state index contributed by atoms with van der Waals surface area (Å²) < 4.78 is 0. The average molecular weight is 425 g/mol. The van der Waals surface area contributed by atoms with Crippen LogP contribution < -0.4 is 4.90 Å². The molecule has 2 heterocycles. The monoisotopic (exact) mass is 424 g/mol. The van der Waals surface area contributed by atoms with Gasteiger partial charge in [-0.2, -0.15) is 5.10 Å². The molecule has 6 heteroatoms. The Morgan fingerprint density at radius 3 is 2.55 bits per heavy atom. The topological polar surface area (TPSA) is 60.8 Å². The first-order valence-electron chi connectivity index (χ1n) is 10.0. The Morgan fingerprint density at radius 1 is 0.968 bits per heavy atom. The van der Waals surface area contributed by atoms with Gasteiger partial charge < -0.3 is 4.98 Å². The first-order valence-corrected chi connectivity index (χ1v) is 11.0. The first kappa shape index (κ1) is 19.3. The van der Waals surface area contributed by atoms with E-state index in [1.54, 1.807) is 11.1 Å². The number of nitrogens with one attached hydrogen (secondary N) is 1. The standard InChI is InChI=1S/C25H20N4OS/c1-17-9-5-8-14-22(17)29-23(30)16-31-25(29)28-26-15-20-19-12-6-7-13-21(19)27-24(20)18-10-3-2-4-11-18/h2-15,27H,16H2,1H3/b26-15-,28-25?. The van der Waals surface area contributed by atoms with Crippen molar-refractivity contribution in [1.29, 1.82) is 0 Å². The molecule has 0 spiro atoms. The van der Waals surface area contributed by atoms with Crippen molar-refractivity contribution in [3.63, 3.8) is 0 Å². The number of rotatable bonds is 4. The lowest BCUT2D eigenvalue weighted by atomic mass is 10.1. The van der Waals surface area contributed by atoms with Crippen molar-refractivity contribution in [3.05, 3.63) is 90.0 Å². The molecule has 0 radical (unpaired) electrons. The zero-order valence-corrected chi connectivity index (χ0v) is 17.8. The summed E-state index contributed by atoms with van der Waals surface area (Å²) in [4.78, 5) is 17.7. The van der Waals surface area contributed by atoms with Crippen molar-refractivity contribution in [1.82, 2.24) is 4.98 Å². The number of carbonyl (C=O) groups excluding carboxylic acids is 1. The summed E-state index contributed by atoms with van der Waals surface area (Å²) in [5.41, 5.74) is 5.98. The fourth-order valence-electron chi connectivity index (χ4n) is 3.75. The quantitative estimate of drug-likeness (QED) is 0.342. The van der Waals surface area contributed by atoms with Crippen LogP contribution in [0.25, 0.3) is 22.2 Å². The Bertz CT molecular complexity index is 1320. The SMILES string of the molecule is Cc1ccccc1N1C(=O)CSC1=N/N=C\c1c(-c2ccccc2)[nH]c2ccccc12. The van der Waals surface area contributed by atoms with Crippen molar-refractivity contribution in [2.75, 3.05) is 10.7 Å². The second-order valence-electron chi connectivity index (χ2n) is 7.26. The van der Waals surface area contributed by atoms with Crippen molar-refractivity contribution in [3.8, 4) is 11.3 Å². The maximum absolute atomic E-state index is 12.5. The number of thioether (sulfide) groups is 1. The summed E-state index contributed by atoms with van der Waals surface area (Å²) in [6.45, 7) is 1.99. The van der Waals surface area contributed by atoms with Gasteiger partial charge in [-0.15, -0.1) is 5.10 Å². The minimum absolute atomic E-state index is 0.0188. The number of carbonyl (C=O) groups is 1. The lowest BCUT2D eigenvalue weighted by molar-refractivity contribution is -0.115. The van der Waals surface area contributed by atoms with Gasteiger partial charge in [-0.25, -0.2) is 0 Å². The average Bonchev–Trinajstić information content (AvgIpc) is 3.35. The number of fused-ring (bicyclic) bond motifs is 1. The van der Waals surface area contributed by atoms with Crippen molar-refractivity contribution >= 4 is 45.6 Å². The van der Waals surface area contributed by atoms with E-state index >= 15 is 0 Å². The number of aryl methyl sites for hydroxylation is 1. The van der Waals surface area contributed by atoms with Gasteiger partial charge >= 0.3 is 0 Å². The molecule has 0 aliphatic carbocycles. The van der Waals surface area contributed by atoms with Gasteiger partial charge in [0.05, 0.1) is 23.3 Å². The van der Waals surface area contributed by atoms with Gasteiger partial charge in [0.25, 0.3) is 0 Å². The van der Waals surface area contributed by atoms with Gasteiger partial charge in [0.1, 0.15) is 0 Å². The second kappa shape index (κ2) is 8.24. The fraction of sp³-hybridized carbons (Fsp3) is 0.0800. The van der Waals surface area contributed by atoms with Crippen LogP contribution in [0.3, 0.4) is 0 Å². The molecule has 4 aromatic rings. The summed E-state index contributed by atoms with van der Waals surface area (Å²) in [5.74, 6) is 0.385. The molecule has 1 aliphatic rings. The molecule has 1 aliphatic heterocycles. The Morgan fingerprint density at radius 2 is 1.71 bits per heavy atom. The Labute approximate surface area is 184 Å². The molecule has 0 saturated carbocycles. The van der Waals surface area contributed by atoms with E-state index in [2.05, 4.69) is 39.5 Å². The maximum atomic E-state index is 12.5. The van der Waals surface area contributed by atoms with Crippen LogP contribution in [0.15, 0.2) is 89.1 Å². The number of hydrogen-bond acceptors (Lipinski definition) is 4. The third-order valence-corrected chi connectivity index (χ3v) is 6.17. The highest BCUT2D eigenvalue weighted by Crippen LogP contribution is 2.31. The number of nitrogens with zero attached hydrogens (tertiary/aromatic N) is 3. The third kappa shape index (κ3) is 3.66. The van der Waals surface area contributed by atoms with Crippen LogP contribution in [-0.2, 0) is 4.79 Å². The highest BCUT2D eigenvalue weighted by Gasteiger charge is 2.30. The number of aromatic nitrogens is 1. The van der Waals surface area contributed by atoms with Crippen LogP contribution in [-0.4, -0.2) is 28.0 Å². The van der Waals surface area contributed by atoms with Gasteiger partial charge in [-0.05, 0) is 30.2 Å². The predicted octanol–water partition coefficient (Wildman–Crippen LogP) is 5.61. The van der Waals surface area contributed by atoms with E-state index in [9.17, 15) is 4.79 Å². The molecular weight excluding hydrogens is 404 g/mol. The van der Waals surface area contributed by atoms with Crippen LogP contribution in [0.1, 0.15) is 11.1 Å². The molecule has 0 unspecified atom stereocenters. The van der Waals surface area contributed by atoms with Crippen LogP contribution >= 0.6 is 11.8 Å². The van der Waals surface area contributed by atoms with Crippen molar-refractivity contribution in [2.45, 2.75) is 6.92 Å². The van der Waals surface area contributed by atoms with Crippen molar-refractivity contribution < 1.29 is 4.79 Å². The van der Waals surface area contributed by atoms with Gasteiger partial charge in [0.2, 0.25) is 5.91 Å². The molecule has 3 aromatic carbocycles. The van der Waals surface area contributed by atoms with E-state index in [4.69, 9.17) is 0 Å². The van der Waals surface area contributed by atoms with E-state index in [0.717, 1.165) is 39.0 Å². The largest absolute Gasteiger partial charge is 0.354 e. The predicted molar refractivity (Wildman–Crippen MR) is 130 cm³/mol. The summed E-state index contributed by atoms with van der Waals surface area (Å²) in [6.07, 6.45) is 1.77. The zero-order valence-electron chi connectivity index (χ0n) is 16.9. The van der Waals surface area contributed by atoms with E-state index in [1.807, 2.05) is 61.5 Å². The van der Waals surface area contributed by atoms with E-state index in [-0.39, 0.29) is 5.91 Å². The molecule has 0 bridgehead atoms. The highest BCUT2D eigenvalue weighted by molar-refractivity contribution is 8.15. The number of amidine groups is 1. The Kier molecular flexibility index (Phi) is 5.14. The van der Waals surface area contributed by atoms with E-state index < -0.39 is 0 Å². The van der Waals surface area contributed by atoms with Crippen LogP contribution in [0.4, 0.5) is 5.69 Å². The number of para-hydroxylation sites is 2. The first-order chi connectivity index (χ1) is 15.2. The van der Waals surface area contributed by atoms with Gasteiger partial charge in [0, 0.05) is 16.5 Å². The molecular formula is C25H20N4OS. The molecule has 5 rings (SSSR count). The number of aromatic amines is 1. The molecule has 5 nitrogen and oxygen atoms in total. The summed E-state index contributed by atoms with van der Waals surface area (Å²) in [5, 5.41) is 10.5. The lowest BCUT2D eigenvalue weighted by Crippen LogP contribution is -2.29. The fourth-order valence-corrected chi connectivity index (χ4v) is 4.57. The summed E-state index contributed by atoms with van der Waals surface area (Å²) in [6, 6.07) is 26.1. The molecule has 1 amide bonds. The van der Waals surface area contributed by atoms with Gasteiger partial charge in [-0.3, -0.25) is 9.69 Å². The van der Waals surface area contributed by atoms with E-state index in [0.29, 0.717) is 10.9 Å². The molecule has 1 N–H and O–H groups in total. The molecule has 1 aromatic heterocycles. The summed E-state index contributed by atoms with van der Waals surface area (Å²) in [7, 11) is 0. The minimum atomic E-state index is 0.0188. The molecule has 0 atom stereocenters. The van der Waals surface area contributed by atoms with Gasteiger partial charge in [0.15, 0.2) is 5.17 Å².